The number of aryl methyl sites for hydroxylation is 1. The lowest BCUT2D eigenvalue weighted by atomic mass is 10.2. The summed E-state index contributed by atoms with van der Waals surface area (Å²) in [5, 5.41) is 20.5. The monoisotopic (exact) mass is 426 g/mol. The van der Waals surface area contributed by atoms with Crippen LogP contribution in [0.4, 0.5) is 10.5 Å². The lowest BCUT2D eigenvalue weighted by Crippen LogP contribution is -2.50. The van der Waals surface area contributed by atoms with E-state index in [1.807, 2.05) is 0 Å². The summed E-state index contributed by atoms with van der Waals surface area (Å²) in [4.78, 5) is 44.7. The van der Waals surface area contributed by atoms with Crippen molar-refractivity contribution in [2.24, 2.45) is 7.05 Å². The Morgan fingerprint density at radius 1 is 1.10 bits per heavy atom. The van der Waals surface area contributed by atoms with Crippen molar-refractivity contribution >= 4 is 28.6 Å². The Morgan fingerprint density at radius 3 is 2.35 bits per heavy atom. The molecule has 0 atom stereocenters. The van der Waals surface area contributed by atoms with Crippen LogP contribution in [0, 0.1) is 10.1 Å². The fourth-order valence-electron chi connectivity index (χ4n) is 3.42. The van der Waals surface area contributed by atoms with Crippen LogP contribution in [-0.2, 0) is 7.05 Å². The van der Waals surface area contributed by atoms with Gasteiger partial charge in [-0.25, -0.2) is 4.79 Å². The second-order valence-corrected chi connectivity index (χ2v) is 6.95. The summed E-state index contributed by atoms with van der Waals surface area (Å²) in [6.07, 6.45) is 1.13. The summed E-state index contributed by atoms with van der Waals surface area (Å²) in [6.45, 7) is 1.22. The van der Waals surface area contributed by atoms with Crippen LogP contribution in [0.2, 0.25) is 0 Å². The van der Waals surface area contributed by atoms with Crippen molar-refractivity contribution in [3.05, 3.63) is 52.5 Å². The quantitative estimate of drug-likeness (QED) is 0.493. The summed E-state index contributed by atoms with van der Waals surface area (Å²) in [6, 6.07) is 6.90. The second kappa shape index (κ2) is 7.89. The fraction of sp³-hybridized carbons (Fsp3) is 0.263. The summed E-state index contributed by atoms with van der Waals surface area (Å²) in [5.41, 5.74) is 1.05. The molecule has 12 heteroatoms. The smallest absolute Gasteiger partial charge is 0.407 e. The largest absolute Gasteiger partial charge is 0.465 e. The van der Waals surface area contributed by atoms with Gasteiger partial charge in [-0.1, -0.05) is 0 Å². The molecule has 31 heavy (non-hydrogen) atoms. The Hall–Kier alpha value is -4.22. The molecule has 3 aromatic rings. The van der Waals surface area contributed by atoms with Crippen LogP contribution < -0.4 is 4.74 Å². The summed E-state index contributed by atoms with van der Waals surface area (Å²) in [5.74, 6) is 0.242. The first-order chi connectivity index (χ1) is 14.8. The lowest BCUT2D eigenvalue weighted by Gasteiger charge is -2.33. The number of carbonyl (C=O) groups is 2. The van der Waals surface area contributed by atoms with E-state index < -0.39 is 11.0 Å². The third-order valence-corrected chi connectivity index (χ3v) is 5.10. The number of carbonyl (C=O) groups excluding carboxylic acids is 1. The highest BCUT2D eigenvalue weighted by molar-refractivity contribution is 5.99. The van der Waals surface area contributed by atoms with E-state index in [1.54, 1.807) is 40.8 Å². The molecule has 0 aliphatic carbocycles. The van der Waals surface area contributed by atoms with E-state index in [-0.39, 0.29) is 30.7 Å². The van der Waals surface area contributed by atoms with Crippen molar-refractivity contribution in [2.75, 3.05) is 26.2 Å². The molecule has 160 valence electrons. The van der Waals surface area contributed by atoms with Gasteiger partial charge in [0, 0.05) is 44.1 Å². The minimum Gasteiger partial charge on any atom is -0.465 e. The standard InChI is InChI=1S/C19H18N6O6/c1-22-15-3-2-14(31-18-20-10-13(11-21-18)25(29)30)8-12(15)9-16(22)17(26)23-4-6-24(7-5-23)19(27)28/h2-3,8-11H,4-7H2,1H3,(H,27,28). The number of aromatic nitrogens is 3. The van der Waals surface area contributed by atoms with Gasteiger partial charge in [0.1, 0.15) is 23.8 Å². The van der Waals surface area contributed by atoms with E-state index in [9.17, 15) is 19.7 Å². The number of piperazine rings is 1. The van der Waals surface area contributed by atoms with E-state index >= 15 is 0 Å². The van der Waals surface area contributed by atoms with Crippen LogP contribution in [0.15, 0.2) is 36.7 Å². The molecule has 4 rings (SSSR count). The molecule has 12 nitrogen and oxygen atoms in total. The maximum atomic E-state index is 13.0. The predicted octanol–water partition coefficient (Wildman–Crippen LogP) is 2.10. The molecule has 2 amide bonds. The molecule has 0 spiro atoms. The van der Waals surface area contributed by atoms with Crippen LogP contribution in [0.1, 0.15) is 10.5 Å². The normalized spacial score (nSPS) is 14.0. The van der Waals surface area contributed by atoms with Crippen LogP contribution in [0.3, 0.4) is 0 Å². The molecule has 0 unspecified atom stereocenters. The van der Waals surface area contributed by atoms with Crippen molar-refractivity contribution < 1.29 is 24.4 Å². The van der Waals surface area contributed by atoms with Crippen LogP contribution in [0.5, 0.6) is 11.8 Å². The lowest BCUT2D eigenvalue weighted by molar-refractivity contribution is -0.385. The molecule has 1 saturated heterocycles. The van der Waals surface area contributed by atoms with E-state index in [0.29, 0.717) is 24.5 Å². The van der Waals surface area contributed by atoms with Gasteiger partial charge in [0.15, 0.2) is 0 Å². The van der Waals surface area contributed by atoms with Crippen LogP contribution in [0.25, 0.3) is 10.9 Å². The van der Waals surface area contributed by atoms with Gasteiger partial charge in [-0.15, -0.1) is 0 Å². The van der Waals surface area contributed by atoms with Crippen molar-refractivity contribution in [3.8, 4) is 11.8 Å². The maximum absolute atomic E-state index is 13.0. The molecule has 0 saturated carbocycles. The zero-order valence-electron chi connectivity index (χ0n) is 16.5. The summed E-state index contributed by atoms with van der Waals surface area (Å²) < 4.78 is 7.34. The van der Waals surface area contributed by atoms with Gasteiger partial charge in [-0.2, -0.15) is 9.97 Å². The molecule has 1 fully saturated rings. The molecule has 0 bridgehead atoms. The summed E-state index contributed by atoms with van der Waals surface area (Å²) >= 11 is 0. The Morgan fingerprint density at radius 2 is 1.74 bits per heavy atom. The van der Waals surface area contributed by atoms with Gasteiger partial charge >= 0.3 is 17.8 Å². The third-order valence-electron chi connectivity index (χ3n) is 5.10. The Bertz CT molecular complexity index is 1170. The average molecular weight is 426 g/mol. The molecular formula is C19H18N6O6. The Labute approximate surface area is 175 Å². The minimum atomic E-state index is -0.985. The molecule has 1 N–H and O–H groups in total. The van der Waals surface area contributed by atoms with Crippen LogP contribution >= 0.6 is 0 Å². The highest BCUT2D eigenvalue weighted by Gasteiger charge is 2.26. The fourth-order valence-corrected chi connectivity index (χ4v) is 3.42. The average Bonchev–Trinajstić information content (AvgIpc) is 3.09. The third kappa shape index (κ3) is 3.95. The molecule has 2 aromatic heterocycles. The maximum Gasteiger partial charge on any atom is 0.407 e. The number of rotatable bonds is 4. The molecule has 1 aliphatic rings. The second-order valence-electron chi connectivity index (χ2n) is 6.95. The number of carboxylic acid groups (broad SMARTS) is 1. The number of nitro groups is 1. The predicted molar refractivity (Wildman–Crippen MR) is 107 cm³/mol. The molecule has 0 radical (unpaired) electrons. The van der Waals surface area contributed by atoms with Gasteiger partial charge in [0.25, 0.3) is 5.91 Å². The number of ether oxygens (including phenoxy) is 1. The minimum absolute atomic E-state index is 0.0338. The first kappa shape index (κ1) is 20.1. The molecule has 3 heterocycles. The highest BCUT2D eigenvalue weighted by atomic mass is 16.6. The van der Waals surface area contributed by atoms with Crippen molar-refractivity contribution in [1.29, 1.82) is 0 Å². The number of amides is 2. The summed E-state index contributed by atoms with van der Waals surface area (Å²) in [7, 11) is 1.78. The van der Waals surface area contributed by atoms with Crippen molar-refractivity contribution in [2.45, 2.75) is 0 Å². The number of nitrogens with zero attached hydrogens (tertiary/aromatic N) is 6. The van der Waals surface area contributed by atoms with Crippen LogP contribution in [-0.4, -0.2) is 72.5 Å². The number of fused-ring (bicyclic) bond motifs is 1. The van der Waals surface area contributed by atoms with E-state index in [2.05, 4.69) is 9.97 Å². The van der Waals surface area contributed by atoms with E-state index in [0.717, 1.165) is 23.3 Å². The Kier molecular flexibility index (Phi) is 5.11. The zero-order chi connectivity index (χ0) is 22.1. The van der Waals surface area contributed by atoms with Crippen molar-refractivity contribution in [3.63, 3.8) is 0 Å². The van der Waals surface area contributed by atoms with Gasteiger partial charge in [0.05, 0.1) is 4.92 Å². The molecular weight excluding hydrogens is 408 g/mol. The van der Waals surface area contributed by atoms with E-state index in [4.69, 9.17) is 9.84 Å². The van der Waals surface area contributed by atoms with Gasteiger partial charge in [-0.05, 0) is 24.3 Å². The molecule has 1 aromatic carbocycles. The SMILES string of the molecule is Cn1c(C(=O)N2CCN(C(=O)O)CC2)cc2cc(Oc3ncc([N+](=O)[O-])cn3)ccc21. The first-order valence-electron chi connectivity index (χ1n) is 9.34. The van der Waals surface area contributed by atoms with Gasteiger partial charge in [0.2, 0.25) is 0 Å². The number of hydrogen-bond acceptors (Lipinski definition) is 7. The number of benzene rings is 1. The van der Waals surface area contributed by atoms with Crippen molar-refractivity contribution in [1.82, 2.24) is 24.3 Å². The topological polar surface area (TPSA) is 144 Å². The highest BCUT2D eigenvalue weighted by Crippen LogP contribution is 2.27. The Balaban J connectivity index is 1.53. The van der Waals surface area contributed by atoms with E-state index in [1.165, 1.54) is 4.90 Å². The number of hydrogen-bond donors (Lipinski definition) is 1. The van der Waals surface area contributed by atoms with Gasteiger partial charge < -0.3 is 24.2 Å². The molecule has 1 aliphatic heterocycles. The zero-order valence-corrected chi connectivity index (χ0v) is 16.5. The van der Waals surface area contributed by atoms with Gasteiger partial charge in [-0.3, -0.25) is 14.9 Å². The first-order valence-corrected chi connectivity index (χ1v) is 9.34.